The minimum Gasteiger partial charge on any atom is -0.465 e. The molecule has 2 N–H and O–H groups in total. The van der Waals surface area contributed by atoms with E-state index in [1.807, 2.05) is 5.38 Å². The zero-order valence-corrected chi connectivity index (χ0v) is 11.7. The number of anilines is 2. The highest BCUT2D eigenvalue weighted by Crippen LogP contribution is 2.13. The Labute approximate surface area is 119 Å². The van der Waals surface area contributed by atoms with E-state index in [9.17, 15) is 4.79 Å². The lowest BCUT2D eigenvalue weighted by molar-refractivity contribution is 0.0601. The number of carbonyl (C=O) groups excluding carboxylic acids is 1. The molecule has 0 spiro atoms. The Morgan fingerprint density at radius 1 is 1.32 bits per heavy atom. The molecule has 1 heterocycles. The normalized spacial score (nSPS) is 9.74. The van der Waals surface area contributed by atoms with Crippen molar-refractivity contribution in [1.82, 2.24) is 4.98 Å². The second-order valence-corrected chi connectivity index (χ2v) is 4.79. The predicted octanol–water partition coefficient (Wildman–Crippen LogP) is 2.74. The van der Waals surface area contributed by atoms with Crippen LogP contribution in [0.5, 0.6) is 0 Å². The highest BCUT2D eigenvalue weighted by molar-refractivity contribution is 7.80. The first kappa shape index (κ1) is 13.4. The van der Waals surface area contributed by atoms with Crippen LogP contribution in [0, 0.1) is 0 Å². The molecule has 19 heavy (non-hydrogen) atoms. The van der Waals surface area contributed by atoms with Gasteiger partial charge in [-0.2, -0.15) is 0 Å². The van der Waals surface area contributed by atoms with E-state index in [4.69, 9.17) is 12.2 Å². The van der Waals surface area contributed by atoms with Crippen molar-refractivity contribution in [1.29, 1.82) is 0 Å². The van der Waals surface area contributed by atoms with Crippen LogP contribution in [-0.4, -0.2) is 23.2 Å². The molecule has 0 aliphatic carbocycles. The van der Waals surface area contributed by atoms with Crippen molar-refractivity contribution in [2.75, 3.05) is 17.7 Å². The van der Waals surface area contributed by atoms with Crippen molar-refractivity contribution in [2.24, 2.45) is 0 Å². The van der Waals surface area contributed by atoms with Crippen LogP contribution in [-0.2, 0) is 4.74 Å². The summed E-state index contributed by atoms with van der Waals surface area (Å²) >= 11 is 6.60. The summed E-state index contributed by atoms with van der Waals surface area (Å²) in [5.41, 5.74) is 1.27. The number of hydrogen-bond acceptors (Lipinski definition) is 5. The maximum atomic E-state index is 11.3. The standard InChI is InChI=1S/C12H11N3O2S2/c1-17-10(16)8-2-4-9(5-3-8)14-11(18)15-12-13-6-7-19-12/h2-7H,1H3,(H2,13,14,15,18). The van der Waals surface area contributed by atoms with Gasteiger partial charge in [-0.05, 0) is 36.5 Å². The third kappa shape index (κ3) is 3.73. The minimum absolute atomic E-state index is 0.366. The Kier molecular flexibility index (Phi) is 4.43. The SMILES string of the molecule is COC(=O)c1ccc(NC(=S)Nc2nccs2)cc1. The van der Waals surface area contributed by atoms with Gasteiger partial charge in [0.1, 0.15) is 0 Å². The number of nitrogens with zero attached hydrogens (tertiary/aromatic N) is 1. The van der Waals surface area contributed by atoms with Crippen LogP contribution >= 0.6 is 23.6 Å². The van der Waals surface area contributed by atoms with E-state index < -0.39 is 0 Å². The van der Waals surface area contributed by atoms with Gasteiger partial charge in [0.15, 0.2) is 10.2 Å². The quantitative estimate of drug-likeness (QED) is 0.670. The molecule has 0 saturated carbocycles. The molecule has 7 heteroatoms. The molecule has 2 rings (SSSR count). The second-order valence-electron chi connectivity index (χ2n) is 3.49. The smallest absolute Gasteiger partial charge is 0.337 e. The number of benzene rings is 1. The van der Waals surface area contributed by atoms with Crippen LogP contribution in [0.2, 0.25) is 0 Å². The van der Waals surface area contributed by atoms with E-state index in [0.29, 0.717) is 10.7 Å². The van der Waals surface area contributed by atoms with Crippen LogP contribution < -0.4 is 10.6 Å². The van der Waals surface area contributed by atoms with Crippen molar-refractivity contribution in [3.63, 3.8) is 0 Å². The van der Waals surface area contributed by atoms with Crippen molar-refractivity contribution >= 4 is 45.5 Å². The highest BCUT2D eigenvalue weighted by Gasteiger charge is 2.05. The fraction of sp³-hybridized carbons (Fsp3) is 0.0833. The Bertz CT molecular complexity index is 567. The topological polar surface area (TPSA) is 63.2 Å². The molecule has 0 aliphatic heterocycles. The third-order valence-electron chi connectivity index (χ3n) is 2.22. The van der Waals surface area contributed by atoms with Crippen molar-refractivity contribution < 1.29 is 9.53 Å². The molecule has 5 nitrogen and oxygen atoms in total. The summed E-state index contributed by atoms with van der Waals surface area (Å²) in [5.74, 6) is -0.366. The molecule has 2 aromatic rings. The lowest BCUT2D eigenvalue weighted by Crippen LogP contribution is -2.18. The number of thiocarbonyl (C=S) groups is 1. The zero-order chi connectivity index (χ0) is 13.7. The van der Waals surface area contributed by atoms with E-state index >= 15 is 0 Å². The molecule has 0 aliphatic rings. The van der Waals surface area contributed by atoms with Gasteiger partial charge in [0.05, 0.1) is 12.7 Å². The number of carbonyl (C=O) groups is 1. The minimum atomic E-state index is -0.366. The molecular formula is C12H11N3O2S2. The molecular weight excluding hydrogens is 282 g/mol. The molecule has 0 atom stereocenters. The van der Waals surface area contributed by atoms with E-state index in [-0.39, 0.29) is 5.97 Å². The summed E-state index contributed by atoms with van der Waals surface area (Å²) in [7, 11) is 1.35. The average Bonchev–Trinajstić information content (AvgIpc) is 2.91. The van der Waals surface area contributed by atoms with Gasteiger partial charge in [0.2, 0.25) is 0 Å². The summed E-state index contributed by atoms with van der Waals surface area (Å²) in [4.78, 5) is 15.3. The fourth-order valence-corrected chi connectivity index (χ4v) is 2.16. The zero-order valence-electron chi connectivity index (χ0n) is 10.0. The largest absolute Gasteiger partial charge is 0.465 e. The predicted molar refractivity (Wildman–Crippen MR) is 79.7 cm³/mol. The molecule has 1 aromatic carbocycles. The molecule has 0 bridgehead atoms. The van der Waals surface area contributed by atoms with Crippen molar-refractivity contribution in [3.05, 3.63) is 41.4 Å². The molecule has 0 saturated heterocycles. The first-order chi connectivity index (χ1) is 9.19. The number of rotatable bonds is 3. The van der Waals surface area contributed by atoms with Gasteiger partial charge in [0, 0.05) is 17.3 Å². The van der Waals surface area contributed by atoms with Gasteiger partial charge in [-0.15, -0.1) is 11.3 Å². The number of nitrogens with one attached hydrogen (secondary N) is 2. The summed E-state index contributed by atoms with van der Waals surface area (Å²) in [6, 6.07) is 6.84. The molecule has 0 unspecified atom stereocenters. The van der Waals surface area contributed by atoms with Gasteiger partial charge >= 0.3 is 5.97 Å². The summed E-state index contributed by atoms with van der Waals surface area (Å²) < 4.78 is 4.62. The van der Waals surface area contributed by atoms with Gasteiger partial charge in [-0.25, -0.2) is 9.78 Å². The van der Waals surface area contributed by atoms with E-state index in [2.05, 4.69) is 20.4 Å². The van der Waals surface area contributed by atoms with Gasteiger partial charge < -0.3 is 15.4 Å². The molecule has 0 fully saturated rings. The van der Waals surface area contributed by atoms with E-state index in [1.54, 1.807) is 30.5 Å². The Hall–Kier alpha value is -1.99. The van der Waals surface area contributed by atoms with Crippen LogP contribution in [0.1, 0.15) is 10.4 Å². The summed E-state index contributed by atoms with van der Waals surface area (Å²) in [5, 5.41) is 8.98. The maximum absolute atomic E-state index is 11.3. The first-order valence-electron chi connectivity index (χ1n) is 5.35. The Morgan fingerprint density at radius 3 is 2.63 bits per heavy atom. The summed E-state index contributed by atoms with van der Waals surface area (Å²) in [6.07, 6.45) is 1.70. The van der Waals surface area contributed by atoms with Gasteiger partial charge in [0.25, 0.3) is 0 Å². The number of thiazole rings is 1. The molecule has 98 valence electrons. The van der Waals surface area contributed by atoms with E-state index in [1.165, 1.54) is 18.4 Å². The Balaban J connectivity index is 1.96. The van der Waals surface area contributed by atoms with Crippen LogP contribution in [0.3, 0.4) is 0 Å². The first-order valence-corrected chi connectivity index (χ1v) is 6.63. The molecule has 1 aromatic heterocycles. The van der Waals surface area contributed by atoms with Crippen molar-refractivity contribution in [3.8, 4) is 0 Å². The van der Waals surface area contributed by atoms with Gasteiger partial charge in [-0.3, -0.25) is 0 Å². The highest BCUT2D eigenvalue weighted by atomic mass is 32.1. The fourth-order valence-electron chi connectivity index (χ4n) is 1.35. The van der Waals surface area contributed by atoms with Crippen LogP contribution in [0.25, 0.3) is 0 Å². The maximum Gasteiger partial charge on any atom is 0.337 e. The summed E-state index contributed by atoms with van der Waals surface area (Å²) in [6.45, 7) is 0. The number of aromatic nitrogens is 1. The second kappa shape index (κ2) is 6.26. The monoisotopic (exact) mass is 293 g/mol. The van der Waals surface area contributed by atoms with Crippen molar-refractivity contribution in [2.45, 2.75) is 0 Å². The number of hydrogen-bond donors (Lipinski definition) is 2. The average molecular weight is 293 g/mol. The Morgan fingerprint density at radius 2 is 2.05 bits per heavy atom. The lowest BCUT2D eigenvalue weighted by atomic mass is 10.2. The molecule has 0 radical (unpaired) electrons. The third-order valence-corrected chi connectivity index (χ3v) is 3.11. The van der Waals surface area contributed by atoms with Crippen LogP contribution in [0.4, 0.5) is 10.8 Å². The molecule has 0 amide bonds. The van der Waals surface area contributed by atoms with E-state index in [0.717, 1.165) is 10.8 Å². The van der Waals surface area contributed by atoms with Crippen LogP contribution in [0.15, 0.2) is 35.8 Å². The lowest BCUT2D eigenvalue weighted by Gasteiger charge is -2.08. The number of esters is 1. The number of methoxy groups -OCH3 is 1. The van der Waals surface area contributed by atoms with Gasteiger partial charge in [-0.1, -0.05) is 0 Å². The number of ether oxygens (including phenoxy) is 1.